The minimum absolute atomic E-state index is 0.00292. The van der Waals surface area contributed by atoms with E-state index < -0.39 is 20.0 Å². The van der Waals surface area contributed by atoms with Crippen LogP contribution >= 0.6 is 7.82 Å². The Bertz CT molecular complexity index is 980. The quantitative estimate of drug-likeness (QED) is 0.0277. The number of amides is 1. The van der Waals surface area contributed by atoms with Crippen LogP contribution in [-0.4, -0.2) is 68.5 Å². The third kappa shape index (κ3) is 39.0. The summed E-state index contributed by atoms with van der Waals surface area (Å²) in [7, 11) is 1.25. The number of aliphatic hydroxyl groups excluding tert-OH is 1. The average molecular weight is 783 g/mol. The highest BCUT2D eigenvalue weighted by molar-refractivity contribution is 7.45. The first-order valence-electron chi connectivity index (χ1n) is 22.4. The van der Waals surface area contributed by atoms with E-state index in [-0.39, 0.29) is 19.1 Å². The smallest absolute Gasteiger partial charge is 0.268 e. The molecule has 0 aliphatic heterocycles. The van der Waals surface area contributed by atoms with Crippen molar-refractivity contribution in [3.05, 3.63) is 36.5 Å². The summed E-state index contributed by atoms with van der Waals surface area (Å²) in [4.78, 5) is 25.3. The predicted octanol–water partition coefficient (Wildman–Crippen LogP) is 11.7. The minimum atomic E-state index is -4.59. The van der Waals surface area contributed by atoms with Crippen LogP contribution in [0.4, 0.5) is 0 Å². The summed E-state index contributed by atoms with van der Waals surface area (Å²) in [5.41, 5.74) is 0. The van der Waals surface area contributed by atoms with Gasteiger partial charge in [0.25, 0.3) is 7.82 Å². The number of nitrogens with one attached hydrogen (secondary N) is 1. The van der Waals surface area contributed by atoms with Crippen LogP contribution in [0, 0.1) is 0 Å². The molecule has 0 aromatic heterocycles. The molecule has 0 aromatic rings. The summed E-state index contributed by atoms with van der Waals surface area (Å²) in [6.07, 6.45) is 44.6. The van der Waals surface area contributed by atoms with E-state index in [1.54, 1.807) is 6.08 Å². The Morgan fingerprint density at radius 3 is 1.57 bits per heavy atom. The molecule has 9 heteroatoms. The molecule has 0 bridgehead atoms. The third-order valence-electron chi connectivity index (χ3n) is 9.84. The van der Waals surface area contributed by atoms with Crippen LogP contribution in [0.1, 0.15) is 194 Å². The molecular weight excluding hydrogens is 695 g/mol. The largest absolute Gasteiger partial charge is 0.756 e. The lowest BCUT2D eigenvalue weighted by molar-refractivity contribution is -0.870. The third-order valence-corrected chi connectivity index (χ3v) is 10.8. The molecule has 0 aliphatic rings. The van der Waals surface area contributed by atoms with Gasteiger partial charge in [-0.1, -0.05) is 172 Å². The van der Waals surface area contributed by atoms with Gasteiger partial charge in [-0.3, -0.25) is 9.36 Å². The first-order chi connectivity index (χ1) is 26.0. The van der Waals surface area contributed by atoms with Gasteiger partial charge in [-0.2, -0.15) is 0 Å². The van der Waals surface area contributed by atoms with Crippen LogP contribution in [0.5, 0.6) is 0 Å². The molecule has 3 unspecified atom stereocenters. The number of unbranched alkanes of at least 4 members (excludes halogenated alkanes) is 23. The van der Waals surface area contributed by atoms with Crippen LogP contribution < -0.4 is 10.2 Å². The molecule has 0 saturated heterocycles. The lowest BCUT2D eigenvalue weighted by atomic mass is 10.0. The summed E-state index contributed by atoms with van der Waals surface area (Å²) >= 11 is 0. The number of nitrogens with zero attached hydrogens (tertiary/aromatic N) is 1. The standard InChI is InChI=1S/C45H87N2O6P/c1-6-8-10-12-14-16-18-20-22-23-25-27-29-31-33-35-37-39-45(49)46-43(42-53-54(50,51)52-41-40-47(3,4)5)44(48)38-36-34-32-30-28-26-24-21-19-17-15-13-11-9-7-2/h14,16,20,22,36,38,43-44,48H,6-13,15,17-19,21,23-35,37,39-42H2,1-5H3,(H-,46,49,50,51)/b16-14-,22-20-,38-36+. The Hall–Kier alpha value is -1.28. The van der Waals surface area contributed by atoms with Crippen LogP contribution in [-0.2, 0) is 18.4 Å². The molecule has 0 aliphatic carbocycles. The normalized spacial score (nSPS) is 14.7. The highest BCUT2D eigenvalue weighted by atomic mass is 31.2. The Morgan fingerprint density at radius 2 is 1.07 bits per heavy atom. The number of rotatable bonds is 40. The number of phosphoric acid groups is 1. The fourth-order valence-corrected chi connectivity index (χ4v) is 6.96. The van der Waals surface area contributed by atoms with Gasteiger partial charge in [-0.15, -0.1) is 0 Å². The van der Waals surface area contributed by atoms with Gasteiger partial charge in [0, 0.05) is 6.42 Å². The first-order valence-corrected chi connectivity index (χ1v) is 23.8. The Morgan fingerprint density at radius 1 is 0.648 bits per heavy atom. The van der Waals surface area contributed by atoms with Crippen molar-refractivity contribution in [1.29, 1.82) is 0 Å². The maximum Gasteiger partial charge on any atom is 0.268 e. The second-order valence-corrected chi connectivity index (χ2v) is 17.8. The van der Waals surface area contributed by atoms with E-state index in [0.717, 1.165) is 57.8 Å². The number of hydrogen-bond acceptors (Lipinski definition) is 6. The van der Waals surface area contributed by atoms with E-state index in [2.05, 4.69) is 43.5 Å². The van der Waals surface area contributed by atoms with Gasteiger partial charge in [-0.05, 0) is 51.4 Å². The summed E-state index contributed by atoms with van der Waals surface area (Å²) in [5, 5.41) is 13.8. The van der Waals surface area contributed by atoms with E-state index in [1.807, 2.05) is 27.2 Å². The van der Waals surface area contributed by atoms with Crippen molar-refractivity contribution in [2.75, 3.05) is 40.9 Å². The van der Waals surface area contributed by atoms with Crippen molar-refractivity contribution in [1.82, 2.24) is 5.32 Å². The maximum absolute atomic E-state index is 12.8. The van der Waals surface area contributed by atoms with Gasteiger partial charge in [0.2, 0.25) is 5.91 Å². The highest BCUT2D eigenvalue weighted by Crippen LogP contribution is 2.38. The van der Waals surface area contributed by atoms with Crippen LogP contribution in [0.3, 0.4) is 0 Å². The second kappa shape index (κ2) is 37.3. The van der Waals surface area contributed by atoms with Crippen molar-refractivity contribution < 1.29 is 32.9 Å². The molecule has 54 heavy (non-hydrogen) atoms. The molecule has 0 rings (SSSR count). The number of hydrogen-bond donors (Lipinski definition) is 2. The van der Waals surface area contributed by atoms with Crippen molar-refractivity contribution in [2.24, 2.45) is 0 Å². The number of likely N-dealkylation sites (N-methyl/N-ethyl adjacent to an activating group) is 1. The van der Waals surface area contributed by atoms with E-state index >= 15 is 0 Å². The second-order valence-electron chi connectivity index (χ2n) is 16.4. The van der Waals surface area contributed by atoms with Crippen molar-refractivity contribution in [2.45, 2.75) is 206 Å². The zero-order chi connectivity index (χ0) is 40.0. The van der Waals surface area contributed by atoms with E-state index in [1.165, 1.54) is 116 Å². The highest BCUT2D eigenvalue weighted by Gasteiger charge is 2.23. The number of carbonyl (C=O) groups excluding carboxylic acids is 1. The summed E-state index contributed by atoms with van der Waals surface area (Å²) in [6, 6.07) is -0.888. The monoisotopic (exact) mass is 783 g/mol. The average Bonchev–Trinajstić information content (AvgIpc) is 3.12. The molecule has 1 amide bonds. The number of phosphoric ester groups is 1. The van der Waals surface area contributed by atoms with Gasteiger partial charge in [0.1, 0.15) is 13.2 Å². The molecule has 318 valence electrons. The van der Waals surface area contributed by atoms with E-state index in [9.17, 15) is 19.4 Å². The topological polar surface area (TPSA) is 108 Å². The molecule has 3 atom stereocenters. The van der Waals surface area contributed by atoms with Crippen molar-refractivity contribution in [3.8, 4) is 0 Å². The Balaban J connectivity index is 4.44. The number of allylic oxidation sites excluding steroid dienone is 5. The van der Waals surface area contributed by atoms with E-state index in [0.29, 0.717) is 17.4 Å². The van der Waals surface area contributed by atoms with Crippen molar-refractivity contribution in [3.63, 3.8) is 0 Å². The molecular formula is C45H87N2O6P. The van der Waals surface area contributed by atoms with Crippen LogP contribution in [0.25, 0.3) is 0 Å². The first kappa shape index (κ1) is 52.7. The van der Waals surface area contributed by atoms with Gasteiger partial charge in [0.05, 0.1) is 39.9 Å². The number of quaternary nitrogens is 1. The zero-order valence-corrected chi connectivity index (χ0v) is 36.8. The van der Waals surface area contributed by atoms with Gasteiger partial charge < -0.3 is 28.8 Å². The Labute approximate surface area is 334 Å². The zero-order valence-electron chi connectivity index (χ0n) is 35.9. The predicted molar refractivity (Wildman–Crippen MR) is 228 cm³/mol. The van der Waals surface area contributed by atoms with Gasteiger partial charge >= 0.3 is 0 Å². The molecule has 0 saturated carbocycles. The summed E-state index contributed by atoms with van der Waals surface area (Å²) in [6.45, 7) is 4.61. The number of carbonyl (C=O) groups is 1. The molecule has 8 nitrogen and oxygen atoms in total. The minimum Gasteiger partial charge on any atom is -0.756 e. The molecule has 0 aromatic carbocycles. The summed E-state index contributed by atoms with van der Waals surface area (Å²) in [5.74, 6) is -0.207. The van der Waals surface area contributed by atoms with Crippen molar-refractivity contribution >= 4 is 13.7 Å². The van der Waals surface area contributed by atoms with Crippen LogP contribution in [0.15, 0.2) is 36.5 Å². The van der Waals surface area contributed by atoms with Crippen LogP contribution in [0.2, 0.25) is 0 Å². The molecule has 0 spiro atoms. The molecule has 0 fully saturated rings. The molecule has 2 N–H and O–H groups in total. The SMILES string of the molecule is CCCCC/C=C\C/C=C\CCCCCCCCCC(=O)NC(COP(=O)([O-])OCC[N+](C)(C)C)C(O)/C=C/CCCCCCCCCCCCCCC. The Kier molecular flexibility index (Phi) is 36.4. The number of aliphatic hydroxyl groups is 1. The fourth-order valence-electron chi connectivity index (χ4n) is 6.24. The molecule has 0 heterocycles. The fraction of sp³-hybridized carbons (Fsp3) is 0.844. The lowest BCUT2D eigenvalue weighted by Gasteiger charge is -2.29. The van der Waals surface area contributed by atoms with Gasteiger partial charge in [0.15, 0.2) is 0 Å². The van der Waals surface area contributed by atoms with Gasteiger partial charge in [-0.25, -0.2) is 0 Å². The molecule has 0 radical (unpaired) electrons. The van der Waals surface area contributed by atoms with E-state index in [4.69, 9.17) is 9.05 Å². The maximum atomic E-state index is 12.8. The summed E-state index contributed by atoms with van der Waals surface area (Å²) < 4.78 is 23.2. The lowest BCUT2D eigenvalue weighted by Crippen LogP contribution is -2.45.